The van der Waals surface area contributed by atoms with Crippen molar-refractivity contribution in [3.8, 4) is 18.4 Å². The number of carbonyl (C=O) groups excluding carboxylic acids is 2. The van der Waals surface area contributed by atoms with Crippen LogP contribution in [0.3, 0.4) is 0 Å². The van der Waals surface area contributed by atoms with Crippen molar-refractivity contribution in [3.05, 3.63) is 43.8 Å². The highest BCUT2D eigenvalue weighted by molar-refractivity contribution is 7.07. The molecule has 0 unspecified atom stereocenters. The monoisotopic (exact) mass is 507 g/mol. The van der Waals surface area contributed by atoms with Crippen molar-refractivity contribution in [3.63, 3.8) is 0 Å². The second-order valence-electron chi connectivity index (χ2n) is 8.19. The van der Waals surface area contributed by atoms with Crippen molar-refractivity contribution < 1.29 is 9.59 Å². The quantitative estimate of drug-likeness (QED) is 0.408. The Balaban J connectivity index is 1.77. The molecule has 1 saturated heterocycles. The molecule has 2 aromatic rings. The van der Waals surface area contributed by atoms with Crippen LogP contribution in [-0.2, 0) is 16.1 Å². The van der Waals surface area contributed by atoms with Crippen LogP contribution in [0.2, 0.25) is 0 Å². The summed E-state index contributed by atoms with van der Waals surface area (Å²) in [4.78, 5) is 42.0. The molecule has 2 amide bonds. The lowest BCUT2D eigenvalue weighted by molar-refractivity contribution is -0.117. The number of piperazine rings is 1. The smallest absolute Gasteiger partial charge is 0.270 e. The average molecular weight is 508 g/mol. The van der Waals surface area contributed by atoms with Crippen LogP contribution in [0, 0.1) is 23.7 Å². The standard InChI is InChI=1S/C25H29N7O3S/c1-4-9-27-23(34)20(15-26)25-32(5-2)24(35)21(36-25)16-28-18-7-6-8-19(14-18)29-22(33)17-31-12-10-30(3)11-13-31/h1,6-8,14,16,28H,5,9-13,17H2,2-3H3,(H,27,34)(H,29,33). The van der Waals surface area contributed by atoms with Crippen molar-refractivity contribution in [2.24, 2.45) is 0 Å². The molecule has 2 heterocycles. The van der Waals surface area contributed by atoms with Crippen molar-refractivity contribution in [1.82, 2.24) is 19.7 Å². The first-order valence-electron chi connectivity index (χ1n) is 11.5. The number of benzene rings is 1. The van der Waals surface area contributed by atoms with E-state index in [1.165, 1.54) is 10.8 Å². The number of nitrogens with one attached hydrogen (secondary N) is 3. The van der Waals surface area contributed by atoms with Crippen LogP contribution in [0.1, 0.15) is 6.92 Å². The van der Waals surface area contributed by atoms with Gasteiger partial charge in [-0.25, -0.2) is 0 Å². The molecule has 11 heteroatoms. The summed E-state index contributed by atoms with van der Waals surface area (Å²) >= 11 is 1.04. The highest BCUT2D eigenvalue weighted by Gasteiger charge is 2.17. The van der Waals surface area contributed by atoms with Gasteiger partial charge in [0.05, 0.1) is 13.1 Å². The van der Waals surface area contributed by atoms with Crippen molar-refractivity contribution in [2.75, 3.05) is 56.9 Å². The first-order valence-corrected chi connectivity index (χ1v) is 12.3. The Kier molecular flexibility index (Phi) is 9.42. The maximum absolute atomic E-state index is 12.9. The van der Waals surface area contributed by atoms with Gasteiger partial charge >= 0.3 is 0 Å². The molecule has 10 nitrogen and oxygen atoms in total. The van der Waals surface area contributed by atoms with Gasteiger partial charge in [0.2, 0.25) is 5.91 Å². The second kappa shape index (κ2) is 12.7. The minimum Gasteiger partial charge on any atom is -0.360 e. The van der Waals surface area contributed by atoms with E-state index in [0.29, 0.717) is 29.0 Å². The lowest BCUT2D eigenvalue weighted by atomic mass is 10.2. The number of rotatable bonds is 8. The normalized spacial score (nSPS) is 15.5. The summed E-state index contributed by atoms with van der Waals surface area (Å²) in [6.07, 6.45) is 6.70. The van der Waals surface area contributed by atoms with Crippen molar-refractivity contribution >= 4 is 46.3 Å². The Morgan fingerprint density at radius 2 is 1.94 bits per heavy atom. The molecule has 188 valence electrons. The van der Waals surface area contributed by atoms with Crippen LogP contribution in [0.5, 0.6) is 0 Å². The maximum Gasteiger partial charge on any atom is 0.270 e. The minimum atomic E-state index is -0.626. The van der Waals surface area contributed by atoms with Gasteiger partial charge in [-0.1, -0.05) is 12.0 Å². The maximum atomic E-state index is 12.9. The first-order chi connectivity index (χ1) is 17.4. The molecule has 0 spiro atoms. The minimum absolute atomic E-state index is 0.0193. The molecule has 0 saturated carbocycles. The van der Waals surface area contributed by atoms with Crippen LogP contribution in [0.15, 0.2) is 29.1 Å². The van der Waals surface area contributed by atoms with Crippen LogP contribution >= 0.6 is 11.3 Å². The molecule has 1 fully saturated rings. The molecule has 0 radical (unpaired) electrons. The molecule has 3 rings (SSSR count). The number of likely N-dealkylation sites (N-methyl/N-ethyl adjacent to an activating group) is 1. The van der Waals surface area contributed by atoms with E-state index in [4.69, 9.17) is 6.42 Å². The number of nitriles is 1. The molecule has 1 aromatic carbocycles. The van der Waals surface area contributed by atoms with E-state index in [-0.39, 0.29) is 28.2 Å². The Morgan fingerprint density at radius 1 is 1.22 bits per heavy atom. The van der Waals surface area contributed by atoms with Gasteiger partial charge in [-0.15, -0.1) is 17.8 Å². The van der Waals surface area contributed by atoms with Gasteiger partial charge in [-0.3, -0.25) is 23.9 Å². The number of nitrogens with zero attached hydrogens (tertiary/aromatic N) is 4. The van der Waals surface area contributed by atoms with Gasteiger partial charge in [-0.05, 0) is 32.2 Å². The predicted molar refractivity (Wildman–Crippen MR) is 141 cm³/mol. The lowest BCUT2D eigenvalue weighted by Gasteiger charge is -2.31. The van der Waals surface area contributed by atoms with Gasteiger partial charge in [0, 0.05) is 50.3 Å². The first kappa shape index (κ1) is 26.7. The van der Waals surface area contributed by atoms with Crippen molar-refractivity contribution in [1.29, 1.82) is 5.26 Å². The van der Waals surface area contributed by atoms with E-state index >= 15 is 0 Å². The van der Waals surface area contributed by atoms with Crippen LogP contribution in [-0.4, -0.2) is 72.5 Å². The molecule has 3 N–H and O–H groups in total. The molecular formula is C25H29N7O3S. The highest BCUT2D eigenvalue weighted by Crippen LogP contribution is 2.15. The summed E-state index contributed by atoms with van der Waals surface area (Å²) in [5, 5.41) is 18.0. The van der Waals surface area contributed by atoms with Gasteiger partial charge in [0.1, 0.15) is 15.3 Å². The third kappa shape index (κ3) is 6.83. The van der Waals surface area contributed by atoms with Crippen LogP contribution < -0.4 is 30.7 Å². The van der Waals surface area contributed by atoms with Gasteiger partial charge in [0.15, 0.2) is 5.57 Å². The predicted octanol–water partition coefficient (Wildman–Crippen LogP) is -0.611. The number of aromatic nitrogens is 1. The molecule has 36 heavy (non-hydrogen) atoms. The zero-order valence-electron chi connectivity index (χ0n) is 20.3. The zero-order chi connectivity index (χ0) is 26.1. The highest BCUT2D eigenvalue weighted by atomic mass is 32.1. The largest absolute Gasteiger partial charge is 0.360 e. The van der Waals surface area contributed by atoms with E-state index in [1.807, 2.05) is 6.07 Å². The Hall–Kier alpha value is -3.90. The summed E-state index contributed by atoms with van der Waals surface area (Å²) in [5.74, 6) is 1.57. The second-order valence-corrected chi connectivity index (χ2v) is 9.22. The molecule has 1 aliphatic heterocycles. The van der Waals surface area contributed by atoms with Crippen molar-refractivity contribution in [2.45, 2.75) is 13.5 Å². The van der Waals surface area contributed by atoms with Crippen LogP contribution in [0.25, 0.3) is 11.8 Å². The SMILES string of the molecule is C#CCNC(=O)C(C#N)=c1sc(=CNc2cccc(NC(=O)CN3CCN(C)CC3)c2)c(=O)n1CC. The van der Waals surface area contributed by atoms with Gasteiger partial charge in [-0.2, -0.15) is 5.26 Å². The molecule has 1 aromatic heterocycles. The fourth-order valence-electron chi connectivity index (χ4n) is 3.65. The average Bonchev–Trinajstić information content (AvgIpc) is 3.18. The number of thiazole rings is 1. The number of anilines is 2. The van der Waals surface area contributed by atoms with Crippen LogP contribution in [0.4, 0.5) is 11.4 Å². The molecular weight excluding hydrogens is 478 g/mol. The number of terminal acetylenes is 1. The lowest BCUT2D eigenvalue weighted by Crippen LogP contribution is -2.47. The third-order valence-corrected chi connectivity index (χ3v) is 6.74. The zero-order valence-corrected chi connectivity index (χ0v) is 21.2. The topological polar surface area (TPSA) is 122 Å². The third-order valence-electron chi connectivity index (χ3n) is 5.61. The summed E-state index contributed by atoms with van der Waals surface area (Å²) in [5.41, 5.74) is 0.815. The number of hydrogen-bond acceptors (Lipinski definition) is 8. The summed E-state index contributed by atoms with van der Waals surface area (Å²) in [6.45, 7) is 5.96. The van der Waals surface area contributed by atoms with E-state index in [1.54, 1.807) is 31.2 Å². The number of carbonyl (C=O) groups is 2. The fraction of sp³-hybridized carbons (Fsp3) is 0.360. The molecule has 1 aliphatic rings. The summed E-state index contributed by atoms with van der Waals surface area (Å²) in [7, 11) is 2.07. The van der Waals surface area contributed by atoms with E-state index in [2.05, 4.69) is 38.7 Å². The Bertz CT molecular complexity index is 1370. The summed E-state index contributed by atoms with van der Waals surface area (Å²) < 4.78 is 1.97. The molecule has 0 bridgehead atoms. The number of hydrogen-bond donors (Lipinski definition) is 3. The van der Waals surface area contributed by atoms with E-state index in [0.717, 1.165) is 37.5 Å². The Labute approximate surface area is 213 Å². The fourth-order valence-corrected chi connectivity index (χ4v) is 4.74. The van der Waals surface area contributed by atoms with E-state index in [9.17, 15) is 19.6 Å². The van der Waals surface area contributed by atoms with Gasteiger partial charge < -0.3 is 20.9 Å². The molecule has 0 atom stereocenters. The Morgan fingerprint density at radius 3 is 2.61 bits per heavy atom. The molecule has 0 aliphatic carbocycles. The number of amides is 2. The van der Waals surface area contributed by atoms with E-state index < -0.39 is 5.91 Å². The van der Waals surface area contributed by atoms with Gasteiger partial charge in [0.25, 0.3) is 11.5 Å². The summed E-state index contributed by atoms with van der Waals surface area (Å²) in [6, 6.07) is 9.04.